The van der Waals surface area contributed by atoms with Gasteiger partial charge in [0.05, 0.1) is 18.4 Å². The van der Waals surface area contributed by atoms with E-state index in [1.807, 2.05) is 6.92 Å². The van der Waals surface area contributed by atoms with E-state index in [0.29, 0.717) is 43.8 Å². The largest absolute Gasteiger partial charge is 0.369 e. The van der Waals surface area contributed by atoms with E-state index in [0.717, 1.165) is 24.2 Å². The third kappa shape index (κ3) is 7.61. The van der Waals surface area contributed by atoms with Crippen molar-refractivity contribution in [1.29, 1.82) is 0 Å². The Morgan fingerprint density at radius 2 is 1.50 bits per heavy atom. The minimum Gasteiger partial charge on any atom is -0.369 e. The van der Waals surface area contributed by atoms with E-state index in [4.69, 9.17) is 4.99 Å². The van der Waals surface area contributed by atoms with E-state index < -0.39 is 0 Å². The van der Waals surface area contributed by atoms with Gasteiger partial charge in [0.2, 0.25) is 5.96 Å². The number of nitrogens with zero attached hydrogens (tertiary/aromatic N) is 4. The van der Waals surface area contributed by atoms with Crippen molar-refractivity contribution in [2.45, 2.75) is 13.0 Å². The van der Waals surface area contributed by atoms with Crippen molar-refractivity contribution in [2.24, 2.45) is 9.98 Å². The van der Waals surface area contributed by atoms with Gasteiger partial charge in [-0.25, -0.2) is 13.8 Å². The van der Waals surface area contributed by atoms with Crippen molar-refractivity contribution in [1.82, 2.24) is 20.4 Å². The third-order valence-electron chi connectivity index (χ3n) is 5.79. The van der Waals surface area contributed by atoms with E-state index >= 15 is 0 Å². The van der Waals surface area contributed by atoms with Gasteiger partial charge in [0.15, 0.2) is 0 Å². The monoisotopic (exact) mass is 492 g/mol. The van der Waals surface area contributed by atoms with Crippen LogP contribution in [-0.4, -0.2) is 60.9 Å². The van der Waals surface area contributed by atoms with Crippen LogP contribution >= 0.6 is 0 Å². The molecule has 0 aromatic heterocycles. The van der Waals surface area contributed by atoms with Crippen LogP contribution in [0.25, 0.3) is 0 Å². The van der Waals surface area contributed by atoms with Gasteiger partial charge in [-0.05, 0) is 42.3 Å². The lowest BCUT2D eigenvalue weighted by molar-refractivity contribution is 0.148. The summed E-state index contributed by atoms with van der Waals surface area (Å²) in [6.07, 6.45) is 3.48. The zero-order valence-corrected chi connectivity index (χ0v) is 20.8. The van der Waals surface area contributed by atoms with Crippen LogP contribution in [0, 0.1) is 11.6 Å². The van der Waals surface area contributed by atoms with Gasteiger partial charge in [0.1, 0.15) is 17.5 Å². The van der Waals surface area contributed by atoms with Crippen LogP contribution in [0.4, 0.5) is 8.78 Å². The molecule has 0 radical (unpaired) electrons. The van der Waals surface area contributed by atoms with Crippen molar-refractivity contribution < 1.29 is 8.78 Å². The number of piperazine rings is 1. The summed E-state index contributed by atoms with van der Waals surface area (Å²) in [5.74, 6) is 1.33. The Morgan fingerprint density at radius 1 is 0.944 bits per heavy atom. The highest BCUT2D eigenvalue weighted by Crippen LogP contribution is 2.30. The quantitative estimate of drug-likeness (QED) is 0.308. The maximum Gasteiger partial charge on any atom is 0.206 e. The summed E-state index contributed by atoms with van der Waals surface area (Å²) >= 11 is 0. The fourth-order valence-electron chi connectivity index (χ4n) is 4.03. The predicted octanol–water partition coefficient (Wildman–Crippen LogP) is 4.47. The van der Waals surface area contributed by atoms with Crippen LogP contribution < -0.4 is 10.6 Å². The molecule has 0 aliphatic carbocycles. The van der Waals surface area contributed by atoms with Crippen LogP contribution in [-0.2, 0) is 0 Å². The van der Waals surface area contributed by atoms with Crippen molar-refractivity contribution in [3.05, 3.63) is 109 Å². The maximum absolute atomic E-state index is 13.6. The van der Waals surface area contributed by atoms with Crippen LogP contribution in [0.3, 0.4) is 0 Å². The summed E-state index contributed by atoms with van der Waals surface area (Å²) < 4.78 is 27.3. The highest BCUT2D eigenvalue weighted by Gasteiger charge is 2.28. The summed E-state index contributed by atoms with van der Waals surface area (Å²) in [6.45, 7) is 17.2. The van der Waals surface area contributed by atoms with Gasteiger partial charge >= 0.3 is 0 Å². The van der Waals surface area contributed by atoms with E-state index in [1.54, 1.807) is 36.4 Å². The van der Waals surface area contributed by atoms with E-state index in [-0.39, 0.29) is 17.7 Å². The molecule has 36 heavy (non-hydrogen) atoms. The second kappa shape index (κ2) is 13.3. The van der Waals surface area contributed by atoms with Crippen LogP contribution in [0.1, 0.15) is 24.1 Å². The van der Waals surface area contributed by atoms with Crippen LogP contribution in [0.5, 0.6) is 0 Å². The molecule has 0 atom stereocenters. The molecule has 2 N–H and O–H groups in total. The van der Waals surface area contributed by atoms with Gasteiger partial charge in [-0.3, -0.25) is 9.89 Å². The van der Waals surface area contributed by atoms with Crippen LogP contribution in [0.2, 0.25) is 0 Å². The van der Waals surface area contributed by atoms with E-state index in [9.17, 15) is 8.78 Å². The molecule has 2 aromatic carbocycles. The Balaban J connectivity index is 1.81. The number of rotatable bonds is 9. The number of benzene rings is 2. The second-order valence-corrected chi connectivity index (χ2v) is 8.41. The summed E-state index contributed by atoms with van der Waals surface area (Å²) in [4.78, 5) is 13.6. The smallest absolute Gasteiger partial charge is 0.206 e. The predicted molar refractivity (Wildman–Crippen MR) is 144 cm³/mol. The Bertz CT molecular complexity index is 1040. The molecule has 0 saturated carbocycles. The summed E-state index contributed by atoms with van der Waals surface area (Å²) in [5.41, 5.74) is 1.91. The first-order chi connectivity index (χ1) is 17.4. The molecule has 1 aliphatic rings. The molecule has 1 aliphatic heterocycles. The third-order valence-corrected chi connectivity index (χ3v) is 5.79. The van der Waals surface area contributed by atoms with Gasteiger partial charge < -0.3 is 15.5 Å². The average Bonchev–Trinajstić information content (AvgIpc) is 2.88. The fraction of sp³-hybridized carbons (Fsp3) is 0.286. The molecular weight excluding hydrogens is 458 g/mol. The summed E-state index contributed by atoms with van der Waals surface area (Å²) in [6, 6.07) is 12.9. The number of hydrogen-bond acceptors (Lipinski definition) is 3. The minimum atomic E-state index is -0.285. The SMILES string of the molecule is C=CCN=C(C)N=C(NC(=C)NCC=C)N1CCN(C(c2ccc(F)cc2)c2ccc(F)cc2)CC1. The highest BCUT2D eigenvalue weighted by molar-refractivity contribution is 5.95. The van der Waals surface area contributed by atoms with Crippen molar-refractivity contribution >= 4 is 11.8 Å². The lowest BCUT2D eigenvalue weighted by Gasteiger charge is -2.41. The first kappa shape index (κ1) is 26.8. The average molecular weight is 493 g/mol. The normalized spacial score (nSPS) is 15.1. The fourth-order valence-corrected chi connectivity index (χ4v) is 4.03. The number of aliphatic imine (C=N–C) groups is 2. The van der Waals surface area contributed by atoms with E-state index in [1.165, 1.54) is 24.3 Å². The highest BCUT2D eigenvalue weighted by atomic mass is 19.1. The molecular formula is C28H34F2N6. The van der Waals surface area contributed by atoms with Gasteiger partial charge in [0.25, 0.3) is 0 Å². The maximum atomic E-state index is 13.6. The number of nitrogens with one attached hydrogen (secondary N) is 2. The zero-order valence-electron chi connectivity index (χ0n) is 20.8. The zero-order chi connectivity index (χ0) is 25.9. The first-order valence-electron chi connectivity index (χ1n) is 11.9. The number of guanidine groups is 1. The van der Waals surface area contributed by atoms with Crippen molar-refractivity contribution in [3.8, 4) is 0 Å². The van der Waals surface area contributed by atoms with Gasteiger partial charge in [-0.2, -0.15) is 0 Å². The number of hydrogen-bond donors (Lipinski definition) is 2. The number of amidine groups is 1. The molecule has 0 unspecified atom stereocenters. The molecule has 0 amide bonds. The molecule has 190 valence electrons. The van der Waals surface area contributed by atoms with Gasteiger partial charge in [-0.15, -0.1) is 13.2 Å². The molecule has 0 bridgehead atoms. The molecule has 8 heteroatoms. The van der Waals surface area contributed by atoms with Gasteiger partial charge in [-0.1, -0.05) is 43.0 Å². The molecule has 2 aromatic rings. The minimum absolute atomic E-state index is 0.123. The number of halogens is 2. The molecule has 0 spiro atoms. The van der Waals surface area contributed by atoms with Crippen LogP contribution in [0.15, 0.2) is 96.2 Å². The molecule has 1 saturated heterocycles. The molecule has 1 heterocycles. The van der Waals surface area contributed by atoms with Crippen molar-refractivity contribution in [3.63, 3.8) is 0 Å². The Kier molecular flexibility index (Phi) is 9.94. The van der Waals surface area contributed by atoms with Gasteiger partial charge in [0, 0.05) is 32.7 Å². The summed E-state index contributed by atoms with van der Waals surface area (Å²) in [5, 5.41) is 6.40. The topological polar surface area (TPSA) is 55.3 Å². The Labute approximate surface area is 212 Å². The van der Waals surface area contributed by atoms with E-state index in [2.05, 4.69) is 45.2 Å². The lowest BCUT2D eigenvalue weighted by Crippen LogP contribution is -2.53. The molecule has 3 rings (SSSR count). The molecule has 1 fully saturated rings. The first-order valence-corrected chi connectivity index (χ1v) is 11.9. The molecule has 6 nitrogen and oxygen atoms in total. The Morgan fingerprint density at radius 3 is 2.00 bits per heavy atom. The van der Waals surface area contributed by atoms with Crippen molar-refractivity contribution in [2.75, 3.05) is 39.3 Å². The summed E-state index contributed by atoms with van der Waals surface area (Å²) in [7, 11) is 0. The lowest BCUT2D eigenvalue weighted by atomic mass is 9.96. The second-order valence-electron chi connectivity index (χ2n) is 8.41. The Hall–Kier alpha value is -3.78. The standard InChI is InChI=1S/C28H34F2N6/c1-5-15-31-21(3)33-28(34-22(4)32-16-6-2)36-19-17-35(18-20-36)27(23-7-11-25(29)12-8-23)24-9-13-26(30)14-10-24/h5-14,27,31H,1-3,15-20H2,4H3,(H,32,33,34).